The minimum absolute atomic E-state index is 0.127. The van der Waals surface area contributed by atoms with E-state index in [1.54, 1.807) is 42.9 Å². The Bertz CT molecular complexity index is 1230. The number of benzene rings is 2. The van der Waals surface area contributed by atoms with E-state index in [4.69, 9.17) is 0 Å². The van der Waals surface area contributed by atoms with Crippen LogP contribution in [0.25, 0.3) is 22.4 Å². The first kappa shape index (κ1) is 19.9. The maximum atomic E-state index is 13.1. The van der Waals surface area contributed by atoms with Gasteiger partial charge in [0.25, 0.3) is 0 Å². The molecule has 7 heteroatoms. The van der Waals surface area contributed by atoms with E-state index in [9.17, 15) is 12.8 Å². The van der Waals surface area contributed by atoms with E-state index in [2.05, 4.69) is 14.7 Å². The summed E-state index contributed by atoms with van der Waals surface area (Å²) in [7, 11) is -3.67. The maximum absolute atomic E-state index is 13.1. The largest absolute Gasteiger partial charge is 0.264 e. The van der Waals surface area contributed by atoms with Crippen LogP contribution in [0.5, 0.6) is 0 Å². The van der Waals surface area contributed by atoms with Crippen LogP contribution in [0.4, 0.5) is 4.39 Å². The van der Waals surface area contributed by atoms with Crippen molar-refractivity contribution in [3.8, 4) is 22.4 Å². The second-order valence-electron chi connectivity index (χ2n) is 6.65. The van der Waals surface area contributed by atoms with Crippen molar-refractivity contribution < 1.29 is 12.8 Å². The number of nitrogens with zero attached hydrogens (tertiary/aromatic N) is 2. The number of hydrogen-bond acceptors (Lipinski definition) is 4. The van der Waals surface area contributed by atoms with Gasteiger partial charge >= 0.3 is 0 Å². The fraction of sp³-hybridized carbons (Fsp3) is 0.0435. The summed E-state index contributed by atoms with van der Waals surface area (Å²) in [5, 5.41) is 0. The zero-order valence-electron chi connectivity index (χ0n) is 15.9. The topological polar surface area (TPSA) is 72.0 Å². The summed E-state index contributed by atoms with van der Waals surface area (Å²) in [5.41, 5.74) is 4.03. The predicted molar refractivity (Wildman–Crippen MR) is 113 cm³/mol. The molecule has 1 N–H and O–H groups in total. The lowest BCUT2D eigenvalue weighted by Crippen LogP contribution is -2.23. The molecular weight excluding hydrogens is 401 g/mol. The monoisotopic (exact) mass is 419 g/mol. The average Bonchev–Trinajstić information content (AvgIpc) is 2.79. The molecule has 4 aromatic rings. The molecule has 0 aliphatic rings. The number of hydrogen-bond donors (Lipinski definition) is 1. The van der Waals surface area contributed by atoms with E-state index in [1.165, 1.54) is 24.3 Å². The first-order valence-electron chi connectivity index (χ1n) is 9.22. The van der Waals surface area contributed by atoms with Gasteiger partial charge in [0.2, 0.25) is 10.0 Å². The van der Waals surface area contributed by atoms with E-state index in [0.29, 0.717) is 0 Å². The molecule has 0 radical (unpaired) electrons. The molecule has 0 amide bonds. The molecule has 30 heavy (non-hydrogen) atoms. The van der Waals surface area contributed by atoms with Crippen molar-refractivity contribution in [2.24, 2.45) is 0 Å². The van der Waals surface area contributed by atoms with Crippen LogP contribution < -0.4 is 4.72 Å². The Kier molecular flexibility index (Phi) is 5.65. The third kappa shape index (κ3) is 4.59. The molecule has 0 fully saturated rings. The molecule has 0 unspecified atom stereocenters. The second-order valence-corrected chi connectivity index (χ2v) is 8.42. The van der Waals surface area contributed by atoms with Crippen molar-refractivity contribution in [1.29, 1.82) is 0 Å². The van der Waals surface area contributed by atoms with Crippen molar-refractivity contribution in [3.05, 3.63) is 103 Å². The quantitative estimate of drug-likeness (QED) is 0.502. The molecule has 0 aliphatic carbocycles. The summed E-state index contributed by atoms with van der Waals surface area (Å²) >= 11 is 0. The van der Waals surface area contributed by atoms with Gasteiger partial charge in [-0.25, -0.2) is 17.5 Å². The lowest BCUT2D eigenvalue weighted by atomic mass is 10.1. The van der Waals surface area contributed by atoms with Crippen LogP contribution in [0.15, 0.2) is 96.3 Å². The van der Waals surface area contributed by atoms with Crippen LogP contribution in [0.3, 0.4) is 0 Å². The molecule has 2 heterocycles. The first-order chi connectivity index (χ1) is 14.5. The van der Waals surface area contributed by atoms with Crippen molar-refractivity contribution in [2.45, 2.75) is 11.4 Å². The number of sulfonamides is 1. The molecule has 0 atom stereocenters. The van der Waals surface area contributed by atoms with Gasteiger partial charge in [-0.05, 0) is 59.2 Å². The average molecular weight is 419 g/mol. The highest BCUT2D eigenvalue weighted by atomic mass is 32.2. The van der Waals surface area contributed by atoms with Crippen molar-refractivity contribution in [2.75, 3.05) is 0 Å². The lowest BCUT2D eigenvalue weighted by Gasteiger charge is -2.09. The summed E-state index contributed by atoms with van der Waals surface area (Å²) in [6, 6.07) is 19.9. The van der Waals surface area contributed by atoms with Gasteiger partial charge in [-0.3, -0.25) is 9.97 Å². The van der Waals surface area contributed by atoms with Crippen molar-refractivity contribution in [3.63, 3.8) is 0 Å². The number of pyridine rings is 2. The van der Waals surface area contributed by atoms with Crippen LogP contribution in [0.2, 0.25) is 0 Å². The van der Waals surface area contributed by atoms with Crippen LogP contribution >= 0.6 is 0 Å². The van der Waals surface area contributed by atoms with Gasteiger partial charge in [-0.15, -0.1) is 0 Å². The van der Waals surface area contributed by atoms with E-state index < -0.39 is 10.0 Å². The van der Waals surface area contributed by atoms with E-state index >= 15 is 0 Å². The summed E-state index contributed by atoms with van der Waals surface area (Å²) in [5.74, 6) is -0.315. The van der Waals surface area contributed by atoms with Crippen molar-refractivity contribution >= 4 is 10.0 Å². The van der Waals surface area contributed by atoms with E-state index in [1.807, 2.05) is 24.3 Å². The van der Waals surface area contributed by atoms with Gasteiger partial charge in [-0.1, -0.05) is 30.3 Å². The third-order valence-corrected chi connectivity index (χ3v) is 6.01. The summed E-state index contributed by atoms with van der Waals surface area (Å²) < 4.78 is 40.8. The fourth-order valence-corrected chi connectivity index (χ4v) is 3.96. The fourth-order valence-electron chi connectivity index (χ4n) is 2.94. The molecule has 2 aromatic heterocycles. The Balaban J connectivity index is 1.43. The predicted octanol–water partition coefficient (Wildman–Crippen LogP) is 4.43. The summed E-state index contributed by atoms with van der Waals surface area (Å²) in [4.78, 5) is 8.60. The second kappa shape index (κ2) is 8.52. The van der Waals surface area contributed by atoms with E-state index in [0.717, 1.165) is 27.9 Å². The Hall–Kier alpha value is -3.42. The van der Waals surface area contributed by atoms with E-state index in [-0.39, 0.29) is 17.3 Å². The molecule has 4 rings (SSSR count). The molecule has 0 saturated carbocycles. The van der Waals surface area contributed by atoms with Gasteiger partial charge in [-0.2, -0.15) is 0 Å². The highest BCUT2D eigenvalue weighted by Crippen LogP contribution is 2.22. The maximum Gasteiger partial charge on any atom is 0.240 e. The number of nitrogens with one attached hydrogen (secondary N) is 1. The minimum atomic E-state index is -3.67. The van der Waals surface area contributed by atoms with Gasteiger partial charge in [0.1, 0.15) is 5.82 Å². The third-order valence-electron chi connectivity index (χ3n) is 4.59. The summed E-state index contributed by atoms with van der Waals surface area (Å²) in [6.07, 6.45) is 5.06. The van der Waals surface area contributed by atoms with Gasteiger partial charge in [0.05, 0.1) is 10.6 Å². The Morgan fingerprint density at radius 1 is 0.800 bits per heavy atom. The highest BCUT2D eigenvalue weighted by Gasteiger charge is 2.14. The Morgan fingerprint density at radius 2 is 1.50 bits per heavy atom. The van der Waals surface area contributed by atoms with Crippen LogP contribution in [-0.2, 0) is 16.6 Å². The minimum Gasteiger partial charge on any atom is -0.264 e. The molecule has 5 nitrogen and oxygen atoms in total. The molecular formula is C23H18FN3O2S. The molecule has 0 bridgehead atoms. The van der Waals surface area contributed by atoms with Crippen LogP contribution in [0, 0.1) is 5.82 Å². The number of aromatic nitrogens is 2. The molecule has 0 spiro atoms. The standard InChI is InChI=1S/C23H18FN3O2S/c24-21-8-4-18(5-9-21)19-6-10-22(11-7-19)30(28,29)27-15-17-3-12-23(26-14-17)20-2-1-13-25-16-20/h1-14,16,27H,15H2. The zero-order valence-corrected chi connectivity index (χ0v) is 16.7. The van der Waals surface area contributed by atoms with Crippen LogP contribution in [0.1, 0.15) is 5.56 Å². The molecule has 0 aliphatic heterocycles. The molecule has 150 valence electrons. The van der Waals surface area contributed by atoms with Gasteiger partial charge in [0, 0.05) is 30.7 Å². The normalized spacial score (nSPS) is 11.4. The highest BCUT2D eigenvalue weighted by molar-refractivity contribution is 7.89. The SMILES string of the molecule is O=S(=O)(NCc1ccc(-c2cccnc2)nc1)c1ccc(-c2ccc(F)cc2)cc1. The van der Waals surface area contributed by atoms with Crippen LogP contribution in [-0.4, -0.2) is 18.4 Å². The zero-order chi connectivity index (χ0) is 21.0. The molecule has 0 saturated heterocycles. The first-order valence-corrected chi connectivity index (χ1v) is 10.7. The number of halogens is 1. The number of rotatable bonds is 6. The van der Waals surface area contributed by atoms with Crippen molar-refractivity contribution in [1.82, 2.24) is 14.7 Å². The van der Waals surface area contributed by atoms with Gasteiger partial charge in [0.15, 0.2) is 0 Å². The Labute approximate surface area is 174 Å². The lowest BCUT2D eigenvalue weighted by molar-refractivity contribution is 0.581. The molecule has 2 aromatic carbocycles. The summed E-state index contributed by atoms with van der Waals surface area (Å²) in [6.45, 7) is 0.127. The smallest absolute Gasteiger partial charge is 0.240 e. The van der Waals surface area contributed by atoms with Gasteiger partial charge < -0.3 is 0 Å². The Morgan fingerprint density at radius 3 is 2.10 bits per heavy atom.